The standard InChI is InChI=1S/C23H23Cl2N3O4/c1-2-10-26-19-20(22(30)21(19)29)28-18(23(31)32)11-13-6-8-14(9-7-13)27-12-15-16(24)4-3-5-17(15)25/h3-9,18,26-28H,2,10-12H2,1H3,(H,31,32)/t18-/m0/s1. The summed E-state index contributed by atoms with van der Waals surface area (Å²) in [6, 6.07) is 11.5. The normalized spacial score (nSPS) is 11.8. The van der Waals surface area contributed by atoms with E-state index in [0.717, 1.165) is 23.2 Å². The van der Waals surface area contributed by atoms with Crippen LogP contribution in [0.25, 0.3) is 0 Å². The molecule has 0 saturated carbocycles. The number of nitrogens with one attached hydrogen (secondary N) is 3. The average Bonchev–Trinajstić information content (AvgIpc) is 2.77. The van der Waals surface area contributed by atoms with E-state index in [2.05, 4.69) is 16.0 Å². The highest BCUT2D eigenvalue weighted by Gasteiger charge is 2.26. The van der Waals surface area contributed by atoms with Crippen molar-refractivity contribution in [3.63, 3.8) is 0 Å². The number of hydrogen-bond acceptors (Lipinski definition) is 6. The molecule has 3 aromatic carbocycles. The lowest BCUT2D eigenvalue weighted by Crippen LogP contribution is -2.42. The van der Waals surface area contributed by atoms with Crippen LogP contribution in [-0.2, 0) is 17.8 Å². The van der Waals surface area contributed by atoms with Crippen LogP contribution in [-0.4, -0.2) is 23.7 Å². The van der Waals surface area contributed by atoms with E-state index in [1.54, 1.807) is 30.3 Å². The van der Waals surface area contributed by atoms with Crippen molar-refractivity contribution in [2.75, 3.05) is 22.5 Å². The number of hydrogen-bond donors (Lipinski definition) is 4. The van der Waals surface area contributed by atoms with Crippen LogP contribution in [0.2, 0.25) is 10.0 Å². The van der Waals surface area contributed by atoms with E-state index in [9.17, 15) is 19.5 Å². The number of rotatable bonds is 11. The Bertz CT molecular complexity index is 1150. The highest BCUT2D eigenvalue weighted by Crippen LogP contribution is 2.25. The van der Waals surface area contributed by atoms with Crippen molar-refractivity contribution in [1.82, 2.24) is 0 Å². The number of anilines is 3. The highest BCUT2D eigenvalue weighted by atomic mass is 35.5. The van der Waals surface area contributed by atoms with E-state index in [1.165, 1.54) is 0 Å². The van der Waals surface area contributed by atoms with E-state index in [-0.39, 0.29) is 17.8 Å². The molecule has 0 aliphatic carbocycles. The Labute approximate surface area is 195 Å². The van der Waals surface area contributed by atoms with Gasteiger partial charge in [-0.25, -0.2) is 4.79 Å². The molecule has 0 fully saturated rings. The summed E-state index contributed by atoms with van der Waals surface area (Å²) >= 11 is 12.4. The van der Waals surface area contributed by atoms with Crippen molar-refractivity contribution in [2.24, 2.45) is 0 Å². The fourth-order valence-electron chi connectivity index (χ4n) is 3.21. The lowest BCUT2D eigenvalue weighted by molar-refractivity contribution is -0.137. The first kappa shape index (κ1) is 23.6. The molecular weight excluding hydrogens is 453 g/mol. The van der Waals surface area contributed by atoms with Gasteiger partial charge in [0.05, 0.1) is 0 Å². The van der Waals surface area contributed by atoms with Gasteiger partial charge in [0.15, 0.2) is 0 Å². The summed E-state index contributed by atoms with van der Waals surface area (Å²) in [5.74, 6) is -1.12. The molecule has 0 radical (unpaired) electrons. The molecule has 0 bridgehead atoms. The Hall–Kier alpha value is -3.03. The van der Waals surface area contributed by atoms with Crippen LogP contribution in [0, 0.1) is 0 Å². The number of halogens is 2. The topological polar surface area (TPSA) is 108 Å². The summed E-state index contributed by atoms with van der Waals surface area (Å²) in [6.45, 7) is 2.88. The van der Waals surface area contributed by atoms with E-state index in [0.29, 0.717) is 23.1 Å². The van der Waals surface area contributed by atoms with Crippen molar-refractivity contribution >= 4 is 46.2 Å². The zero-order valence-corrected chi connectivity index (χ0v) is 18.9. The van der Waals surface area contributed by atoms with Gasteiger partial charge in [0, 0.05) is 40.8 Å². The first-order valence-electron chi connectivity index (χ1n) is 10.1. The summed E-state index contributed by atoms with van der Waals surface area (Å²) in [5.41, 5.74) is 1.22. The van der Waals surface area contributed by atoms with Crippen LogP contribution in [0.15, 0.2) is 52.1 Å². The van der Waals surface area contributed by atoms with Gasteiger partial charge < -0.3 is 21.1 Å². The van der Waals surface area contributed by atoms with Gasteiger partial charge in [-0.3, -0.25) is 9.59 Å². The molecular formula is C23H23Cl2N3O4. The van der Waals surface area contributed by atoms with Crippen molar-refractivity contribution in [2.45, 2.75) is 32.4 Å². The Morgan fingerprint density at radius 3 is 2.19 bits per heavy atom. The minimum Gasteiger partial charge on any atom is -0.480 e. The molecule has 3 rings (SSSR count). The molecule has 0 spiro atoms. The Morgan fingerprint density at radius 1 is 0.969 bits per heavy atom. The van der Waals surface area contributed by atoms with Gasteiger partial charge in [-0.2, -0.15) is 0 Å². The number of carboxylic acid groups (broad SMARTS) is 1. The second-order valence-electron chi connectivity index (χ2n) is 7.32. The first-order valence-corrected chi connectivity index (χ1v) is 10.9. The van der Waals surface area contributed by atoms with Gasteiger partial charge in [0.25, 0.3) is 10.9 Å². The fourth-order valence-corrected chi connectivity index (χ4v) is 3.74. The van der Waals surface area contributed by atoms with Crippen LogP contribution in [0.4, 0.5) is 17.1 Å². The Balaban J connectivity index is 1.65. The summed E-state index contributed by atoms with van der Waals surface area (Å²) in [7, 11) is 0. The number of carboxylic acids is 1. The molecule has 0 heterocycles. The van der Waals surface area contributed by atoms with Crippen LogP contribution < -0.4 is 26.8 Å². The third-order valence-corrected chi connectivity index (χ3v) is 5.71. The van der Waals surface area contributed by atoms with Gasteiger partial charge >= 0.3 is 5.97 Å². The largest absolute Gasteiger partial charge is 0.480 e. The average molecular weight is 476 g/mol. The van der Waals surface area contributed by atoms with Crippen molar-refractivity contribution in [3.8, 4) is 0 Å². The predicted octanol–water partition coefficient (Wildman–Crippen LogP) is 4.13. The lowest BCUT2D eigenvalue weighted by Gasteiger charge is -2.20. The minimum atomic E-state index is -1.12. The number of benzene rings is 2. The van der Waals surface area contributed by atoms with Crippen LogP contribution in [0.3, 0.4) is 0 Å². The molecule has 9 heteroatoms. The maximum Gasteiger partial charge on any atom is 0.326 e. The van der Waals surface area contributed by atoms with E-state index in [1.807, 2.05) is 19.1 Å². The third-order valence-electron chi connectivity index (χ3n) is 5.00. The molecule has 4 N–H and O–H groups in total. The Kier molecular flexibility index (Phi) is 7.77. The van der Waals surface area contributed by atoms with E-state index in [4.69, 9.17) is 23.2 Å². The summed E-state index contributed by atoms with van der Waals surface area (Å²) in [5, 5.41) is 19.6. The third kappa shape index (κ3) is 5.41. The zero-order chi connectivity index (χ0) is 23.3. The predicted molar refractivity (Wildman–Crippen MR) is 129 cm³/mol. The second kappa shape index (κ2) is 10.5. The summed E-state index contributed by atoms with van der Waals surface area (Å²) in [4.78, 5) is 35.4. The maximum atomic E-state index is 11.9. The molecule has 7 nitrogen and oxygen atoms in total. The molecule has 1 atom stereocenters. The van der Waals surface area contributed by atoms with Gasteiger partial charge in [-0.1, -0.05) is 48.3 Å². The maximum absolute atomic E-state index is 11.9. The van der Waals surface area contributed by atoms with Gasteiger partial charge in [-0.15, -0.1) is 0 Å². The molecule has 0 amide bonds. The molecule has 0 aromatic heterocycles. The quantitative estimate of drug-likeness (QED) is 0.308. The summed E-state index contributed by atoms with van der Waals surface area (Å²) < 4.78 is 0. The molecule has 0 aliphatic heterocycles. The molecule has 0 aliphatic rings. The van der Waals surface area contributed by atoms with Crippen LogP contribution >= 0.6 is 23.2 Å². The van der Waals surface area contributed by atoms with Gasteiger partial charge in [-0.05, 0) is 36.2 Å². The van der Waals surface area contributed by atoms with Crippen LogP contribution in [0.1, 0.15) is 24.5 Å². The number of aliphatic carboxylic acids is 1. The monoisotopic (exact) mass is 475 g/mol. The smallest absolute Gasteiger partial charge is 0.326 e. The Morgan fingerprint density at radius 2 is 1.59 bits per heavy atom. The second-order valence-corrected chi connectivity index (χ2v) is 8.14. The van der Waals surface area contributed by atoms with Crippen molar-refractivity contribution in [1.29, 1.82) is 0 Å². The zero-order valence-electron chi connectivity index (χ0n) is 17.4. The molecule has 0 saturated heterocycles. The molecule has 3 aromatic rings. The molecule has 168 valence electrons. The van der Waals surface area contributed by atoms with E-state index < -0.39 is 22.9 Å². The first-order chi connectivity index (χ1) is 15.3. The fraction of sp³-hybridized carbons (Fsp3) is 0.261. The van der Waals surface area contributed by atoms with Gasteiger partial charge in [0.2, 0.25) is 0 Å². The molecule has 32 heavy (non-hydrogen) atoms. The number of carbonyl (C=O) groups is 1. The highest BCUT2D eigenvalue weighted by molar-refractivity contribution is 6.36. The van der Waals surface area contributed by atoms with Crippen LogP contribution in [0.5, 0.6) is 0 Å². The van der Waals surface area contributed by atoms with Gasteiger partial charge in [0.1, 0.15) is 17.4 Å². The van der Waals surface area contributed by atoms with Crippen molar-refractivity contribution in [3.05, 3.63) is 84.1 Å². The van der Waals surface area contributed by atoms with Crippen molar-refractivity contribution < 1.29 is 9.90 Å². The summed E-state index contributed by atoms with van der Waals surface area (Å²) in [6.07, 6.45) is 0.904. The lowest BCUT2D eigenvalue weighted by atomic mass is 10.0. The SMILES string of the molecule is CCCNc1c(N[C@@H](Cc2ccc(NCc3c(Cl)cccc3Cl)cc2)C(=O)O)c(=O)c1=O. The molecule has 0 unspecified atom stereocenters. The minimum absolute atomic E-state index is 0.0331. The van der Waals surface area contributed by atoms with E-state index >= 15 is 0 Å².